The topological polar surface area (TPSA) is 63.4 Å². The van der Waals surface area contributed by atoms with Crippen molar-refractivity contribution < 1.29 is 9.53 Å². The molecule has 0 saturated carbocycles. The molecule has 2 rings (SSSR count). The summed E-state index contributed by atoms with van der Waals surface area (Å²) in [4.78, 5) is 11.4. The fraction of sp³-hybridized carbons (Fsp3) is 0.333. The summed E-state index contributed by atoms with van der Waals surface area (Å²) in [5.41, 5.74) is 2.07. The molecule has 0 aromatic heterocycles. The number of hydrogen-bond donors (Lipinski definition) is 0. The molecule has 0 spiro atoms. The van der Waals surface area contributed by atoms with E-state index in [9.17, 15) is 4.79 Å². The van der Waals surface area contributed by atoms with Crippen molar-refractivity contribution >= 4 is 11.7 Å². The van der Waals surface area contributed by atoms with Gasteiger partial charge in [0.25, 0.3) is 0 Å². The van der Waals surface area contributed by atoms with Gasteiger partial charge < -0.3 is 4.74 Å². The summed E-state index contributed by atoms with van der Waals surface area (Å²) >= 11 is 0. The van der Waals surface area contributed by atoms with Crippen LogP contribution in [-0.2, 0) is 9.53 Å². The second-order valence-corrected chi connectivity index (χ2v) is 2.88. The molecule has 0 bridgehead atoms. The number of nitrogens with zero attached hydrogens (tertiary/aromatic N) is 3. The van der Waals surface area contributed by atoms with Crippen LogP contribution in [0.1, 0.15) is 13.3 Å². The first-order valence-electron chi connectivity index (χ1n) is 4.37. The lowest BCUT2D eigenvalue weighted by atomic mass is 10.0. The second-order valence-electron chi connectivity index (χ2n) is 2.88. The first-order valence-corrected chi connectivity index (χ1v) is 4.37. The van der Waals surface area contributed by atoms with Gasteiger partial charge in [0.05, 0.1) is 12.3 Å². The Labute approximate surface area is 80.9 Å². The predicted molar refractivity (Wildman–Crippen MR) is 49.7 cm³/mol. The highest BCUT2D eigenvalue weighted by Gasteiger charge is 2.21. The molecule has 0 N–H and O–H groups in total. The van der Waals surface area contributed by atoms with Gasteiger partial charge in [0.15, 0.2) is 0 Å². The molecule has 14 heavy (non-hydrogen) atoms. The van der Waals surface area contributed by atoms with Crippen LogP contribution in [0.4, 0.5) is 0 Å². The standard InChI is InChI=1S/C9H9N3O2/c1-2-14-9(13)6-3-4-7-8(5-6)11-12-10-7/h3-4H,2,5H2,1H3. The quantitative estimate of drug-likeness (QED) is 0.622. The molecule has 0 atom stereocenters. The van der Waals surface area contributed by atoms with E-state index in [4.69, 9.17) is 4.74 Å². The van der Waals surface area contributed by atoms with E-state index < -0.39 is 0 Å². The molecule has 1 aliphatic carbocycles. The molecular weight excluding hydrogens is 182 g/mol. The van der Waals surface area contributed by atoms with Gasteiger partial charge in [0.2, 0.25) is 0 Å². The number of hydrogen-bond acceptors (Lipinski definition) is 5. The first-order chi connectivity index (χ1) is 6.81. The molecule has 0 radical (unpaired) electrons. The highest BCUT2D eigenvalue weighted by Crippen LogP contribution is 2.22. The van der Waals surface area contributed by atoms with E-state index in [-0.39, 0.29) is 5.97 Å². The number of carbonyl (C=O) groups excluding carboxylic acids is 1. The molecule has 0 saturated heterocycles. The third kappa shape index (κ3) is 1.48. The Balaban J connectivity index is 2.15. The Morgan fingerprint density at radius 2 is 2.43 bits per heavy atom. The average Bonchev–Trinajstić information content (AvgIpc) is 2.64. The molecule has 5 nitrogen and oxygen atoms in total. The molecule has 0 aromatic rings. The Hall–Kier alpha value is -1.78. The minimum absolute atomic E-state index is 0.294. The smallest absolute Gasteiger partial charge is 0.334 e. The summed E-state index contributed by atoms with van der Waals surface area (Å²) in [6.45, 7) is 2.16. The Morgan fingerprint density at radius 3 is 3.21 bits per heavy atom. The van der Waals surface area contributed by atoms with Crippen molar-refractivity contribution in [1.29, 1.82) is 0 Å². The zero-order valence-corrected chi connectivity index (χ0v) is 7.73. The van der Waals surface area contributed by atoms with Crippen molar-refractivity contribution in [3.05, 3.63) is 23.4 Å². The molecule has 1 heterocycles. The van der Waals surface area contributed by atoms with E-state index in [0.29, 0.717) is 18.6 Å². The van der Waals surface area contributed by atoms with E-state index in [2.05, 4.69) is 15.4 Å². The summed E-state index contributed by atoms with van der Waals surface area (Å²) in [5, 5.41) is 11.1. The zero-order chi connectivity index (χ0) is 9.97. The fourth-order valence-electron chi connectivity index (χ4n) is 1.27. The average molecular weight is 191 g/mol. The summed E-state index contributed by atoms with van der Waals surface area (Å²) in [7, 11) is 0. The minimum Gasteiger partial charge on any atom is -0.463 e. The van der Waals surface area contributed by atoms with Crippen LogP contribution in [0.15, 0.2) is 38.9 Å². The lowest BCUT2D eigenvalue weighted by Gasteiger charge is -2.09. The van der Waals surface area contributed by atoms with E-state index in [0.717, 1.165) is 11.4 Å². The van der Waals surface area contributed by atoms with Crippen LogP contribution in [0.2, 0.25) is 0 Å². The van der Waals surface area contributed by atoms with E-state index in [1.807, 2.05) is 0 Å². The summed E-state index contributed by atoms with van der Waals surface area (Å²) in [6, 6.07) is 0. The van der Waals surface area contributed by atoms with Crippen molar-refractivity contribution in [2.45, 2.75) is 13.3 Å². The van der Waals surface area contributed by atoms with Crippen LogP contribution in [0.25, 0.3) is 0 Å². The molecule has 0 aromatic carbocycles. The van der Waals surface area contributed by atoms with Gasteiger partial charge in [-0.15, -0.1) is 10.2 Å². The van der Waals surface area contributed by atoms with Crippen LogP contribution in [0.5, 0.6) is 0 Å². The third-order valence-corrected chi connectivity index (χ3v) is 1.95. The van der Waals surface area contributed by atoms with Crippen LogP contribution in [0.3, 0.4) is 0 Å². The Morgan fingerprint density at radius 1 is 1.57 bits per heavy atom. The predicted octanol–water partition coefficient (Wildman–Crippen LogP) is 1.59. The van der Waals surface area contributed by atoms with Gasteiger partial charge in [0, 0.05) is 12.0 Å². The summed E-state index contributed by atoms with van der Waals surface area (Å²) < 4.78 is 4.88. The number of carbonyl (C=O) groups is 1. The molecule has 0 unspecified atom stereocenters. The van der Waals surface area contributed by atoms with Crippen LogP contribution in [0, 0.1) is 0 Å². The molecule has 0 fully saturated rings. The van der Waals surface area contributed by atoms with Crippen LogP contribution < -0.4 is 0 Å². The Kier molecular flexibility index (Phi) is 2.22. The maximum Gasteiger partial charge on any atom is 0.334 e. The van der Waals surface area contributed by atoms with Crippen LogP contribution in [-0.4, -0.2) is 18.3 Å². The highest BCUT2D eigenvalue weighted by molar-refractivity contribution is 6.08. The van der Waals surface area contributed by atoms with Crippen molar-refractivity contribution in [3.63, 3.8) is 0 Å². The van der Waals surface area contributed by atoms with Gasteiger partial charge in [-0.3, -0.25) is 0 Å². The van der Waals surface area contributed by atoms with Crippen molar-refractivity contribution in [3.8, 4) is 0 Å². The molecule has 1 aliphatic heterocycles. The molecule has 72 valence electrons. The molecule has 0 amide bonds. The van der Waals surface area contributed by atoms with Gasteiger partial charge in [-0.2, -0.15) is 0 Å². The maximum atomic E-state index is 11.4. The monoisotopic (exact) mass is 191 g/mol. The zero-order valence-electron chi connectivity index (χ0n) is 7.73. The normalized spacial score (nSPS) is 18.2. The molecule has 2 aliphatic rings. The first kappa shape index (κ1) is 8.80. The largest absolute Gasteiger partial charge is 0.463 e. The number of ether oxygens (including phenoxy) is 1. The van der Waals surface area contributed by atoms with E-state index >= 15 is 0 Å². The highest BCUT2D eigenvalue weighted by atomic mass is 16.5. The molecule has 5 heteroatoms. The minimum atomic E-state index is -0.294. The van der Waals surface area contributed by atoms with Gasteiger partial charge in [-0.25, -0.2) is 4.79 Å². The lowest BCUT2D eigenvalue weighted by Crippen LogP contribution is -2.14. The number of fused-ring (bicyclic) bond motifs is 1. The second kappa shape index (κ2) is 3.53. The lowest BCUT2D eigenvalue weighted by molar-refractivity contribution is -0.138. The van der Waals surface area contributed by atoms with Crippen LogP contribution >= 0.6 is 0 Å². The fourth-order valence-corrected chi connectivity index (χ4v) is 1.27. The summed E-state index contributed by atoms with van der Waals surface area (Å²) in [5.74, 6) is -0.294. The van der Waals surface area contributed by atoms with Crippen molar-refractivity contribution in [2.24, 2.45) is 15.4 Å². The third-order valence-electron chi connectivity index (χ3n) is 1.95. The number of allylic oxidation sites excluding steroid dienone is 3. The van der Waals surface area contributed by atoms with Gasteiger partial charge >= 0.3 is 5.97 Å². The van der Waals surface area contributed by atoms with E-state index in [1.54, 1.807) is 19.1 Å². The van der Waals surface area contributed by atoms with Crippen molar-refractivity contribution in [1.82, 2.24) is 0 Å². The van der Waals surface area contributed by atoms with Gasteiger partial charge in [-0.05, 0) is 24.3 Å². The molecular formula is C9H9N3O2. The van der Waals surface area contributed by atoms with Crippen molar-refractivity contribution in [2.75, 3.05) is 6.61 Å². The van der Waals surface area contributed by atoms with Gasteiger partial charge in [0.1, 0.15) is 5.70 Å². The maximum absolute atomic E-state index is 11.4. The number of esters is 1. The van der Waals surface area contributed by atoms with E-state index in [1.165, 1.54) is 0 Å². The van der Waals surface area contributed by atoms with Gasteiger partial charge in [-0.1, -0.05) is 0 Å². The Bertz CT molecular complexity index is 391. The SMILES string of the molecule is CCOC(=O)C1=CC=C2N=NN=C2C1. The summed E-state index contributed by atoms with van der Waals surface area (Å²) in [6.07, 6.45) is 3.89. The number of rotatable bonds is 2.